The van der Waals surface area contributed by atoms with Crippen LogP contribution in [0.1, 0.15) is 34.6 Å². The van der Waals surface area contributed by atoms with Crippen LogP contribution in [0.3, 0.4) is 0 Å². The number of nitrogens with zero attached hydrogens (tertiary/aromatic N) is 1. The van der Waals surface area contributed by atoms with E-state index in [1.807, 2.05) is 0 Å². The minimum atomic E-state index is -3.79. The summed E-state index contributed by atoms with van der Waals surface area (Å²) in [6.45, 7) is 7.36. The third-order valence-corrected chi connectivity index (χ3v) is 4.40. The van der Waals surface area contributed by atoms with Crippen LogP contribution in [0.15, 0.2) is 0 Å². The van der Waals surface area contributed by atoms with Crippen LogP contribution in [0.5, 0.6) is 0 Å². The van der Waals surface area contributed by atoms with Crippen molar-refractivity contribution in [3.05, 3.63) is 0 Å². The lowest BCUT2D eigenvalue weighted by molar-refractivity contribution is -0.0846. The average molecular weight is 418 g/mol. The van der Waals surface area contributed by atoms with Crippen LogP contribution in [0.25, 0.3) is 0 Å². The average Bonchev–Trinajstić information content (AvgIpc) is 2.60. The van der Waals surface area contributed by atoms with Crippen molar-refractivity contribution in [2.24, 2.45) is 0 Å². The fourth-order valence-electron chi connectivity index (χ4n) is 2.45. The molecule has 12 heteroatoms. The highest BCUT2D eigenvalue weighted by molar-refractivity contribution is 7.86. The van der Waals surface area contributed by atoms with Crippen LogP contribution < -0.4 is 0 Å². The van der Waals surface area contributed by atoms with Gasteiger partial charge in [0.05, 0.1) is 31.8 Å². The summed E-state index contributed by atoms with van der Waals surface area (Å²) in [4.78, 5) is 13.8. The Balaban J connectivity index is 3.13. The molecule has 0 aliphatic carbocycles. The third kappa shape index (κ3) is 7.35. The van der Waals surface area contributed by atoms with Gasteiger partial charge in [-0.15, -0.1) is 0 Å². The van der Waals surface area contributed by atoms with Crippen molar-refractivity contribution in [3.63, 3.8) is 0 Å². The first-order valence-corrected chi connectivity index (χ1v) is 11.4. The Hall–Kier alpha value is -0.950. The second-order valence-electron chi connectivity index (χ2n) is 7.50. The second-order valence-corrected chi connectivity index (χ2v) is 10.8. The van der Waals surface area contributed by atoms with Crippen LogP contribution in [0.2, 0.25) is 0 Å². The maximum absolute atomic E-state index is 12.6. The molecule has 1 fully saturated rings. The molecular formula is C14H27NO9S2. The Labute approximate surface area is 155 Å². The van der Waals surface area contributed by atoms with Gasteiger partial charge in [0.15, 0.2) is 0 Å². The van der Waals surface area contributed by atoms with Crippen molar-refractivity contribution in [3.8, 4) is 0 Å². The van der Waals surface area contributed by atoms with Gasteiger partial charge in [0.1, 0.15) is 17.4 Å². The van der Waals surface area contributed by atoms with Gasteiger partial charge in [-0.2, -0.15) is 16.8 Å². The van der Waals surface area contributed by atoms with Crippen LogP contribution in [0.4, 0.5) is 4.79 Å². The Morgan fingerprint density at radius 1 is 1.04 bits per heavy atom. The van der Waals surface area contributed by atoms with Gasteiger partial charge in [0.2, 0.25) is 0 Å². The molecule has 2 atom stereocenters. The predicted molar refractivity (Wildman–Crippen MR) is 92.4 cm³/mol. The molecule has 1 heterocycles. The molecule has 1 amide bonds. The van der Waals surface area contributed by atoms with E-state index in [4.69, 9.17) is 17.8 Å². The standard InChI is InChI=1S/C14H27NO9S2/c1-13(2,3)24-12(16)15-10(8-21-25(6,17)18)11(23-14(15,4)5)9-22-26(7,19)20/h10-11H,8-9H2,1-7H3/t10-,11-/m1/s1. The quantitative estimate of drug-likeness (QED) is 0.573. The lowest BCUT2D eigenvalue weighted by Crippen LogP contribution is -2.52. The normalized spacial score (nSPS) is 23.9. The summed E-state index contributed by atoms with van der Waals surface area (Å²) < 4.78 is 65.9. The number of hydrogen-bond donors (Lipinski definition) is 0. The van der Waals surface area contributed by atoms with E-state index in [0.29, 0.717) is 0 Å². The first-order valence-electron chi connectivity index (χ1n) is 7.80. The van der Waals surface area contributed by atoms with E-state index in [-0.39, 0.29) is 0 Å². The molecule has 1 aliphatic rings. The highest BCUT2D eigenvalue weighted by atomic mass is 32.2. The molecule has 10 nitrogen and oxygen atoms in total. The molecule has 0 aromatic carbocycles. The topological polar surface area (TPSA) is 126 Å². The number of ether oxygens (including phenoxy) is 2. The van der Waals surface area contributed by atoms with Gasteiger partial charge < -0.3 is 9.47 Å². The zero-order valence-electron chi connectivity index (χ0n) is 16.0. The predicted octanol–water partition coefficient (Wildman–Crippen LogP) is 0.679. The highest BCUT2D eigenvalue weighted by Gasteiger charge is 2.52. The first-order chi connectivity index (χ1) is 11.4. The molecule has 1 rings (SSSR count). The number of hydrogen-bond acceptors (Lipinski definition) is 9. The molecule has 0 radical (unpaired) electrons. The molecule has 0 aromatic rings. The van der Waals surface area contributed by atoms with Crippen molar-refractivity contribution >= 4 is 26.3 Å². The van der Waals surface area contributed by atoms with Crippen molar-refractivity contribution < 1.29 is 39.5 Å². The maximum Gasteiger partial charge on any atom is 0.412 e. The Morgan fingerprint density at radius 3 is 1.92 bits per heavy atom. The summed E-state index contributed by atoms with van der Waals surface area (Å²) in [5.74, 6) is 0. The molecule has 0 spiro atoms. The number of amides is 1. The fourth-order valence-corrected chi connectivity index (χ4v) is 3.22. The van der Waals surface area contributed by atoms with Gasteiger partial charge in [-0.3, -0.25) is 13.3 Å². The van der Waals surface area contributed by atoms with Gasteiger partial charge in [-0.05, 0) is 34.6 Å². The summed E-state index contributed by atoms with van der Waals surface area (Å²) in [5.41, 5.74) is -1.99. The zero-order valence-corrected chi connectivity index (χ0v) is 17.6. The van der Waals surface area contributed by atoms with Crippen molar-refractivity contribution in [2.45, 2.75) is 58.1 Å². The highest BCUT2D eigenvalue weighted by Crippen LogP contribution is 2.34. The van der Waals surface area contributed by atoms with Crippen LogP contribution in [-0.2, 0) is 38.1 Å². The molecule has 26 heavy (non-hydrogen) atoms. The maximum atomic E-state index is 12.6. The van der Waals surface area contributed by atoms with E-state index >= 15 is 0 Å². The van der Waals surface area contributed by atoms with E-state index in [9.17, 15) is 21.6 Å². The second kappa shape index (κ2) is 7.58. The molecule has 1 aliphatic heterocycles. The lowest BCUT2D eigenvalue weighted by Gasteiger charge is -2.34. The Kier molecular flexibility index (Phi) is 6.73. The summed E-state index contributed by atoms with van der Waals surface area (Å²) in [7, 11) is -7.55. The number of carbonyl (C=O) groups excluding carboxylic acids is 1. The van der Waals surface area contributed by atoms with Gasteiger partial charge in [0.25, 0.3) is 20.2 Å². The minimum absolute atomic E-state index is 0.403. The van der Waals surface area contributed by atoms with Gasteiger partial charge in [-0.25, -0.2) is 4.79 Å². The zero-order chi connectivity index (χ0) is 20.6. The van der Waals surface area contributed by atoms with Crippen molar-refractivity contribution in [1.29, 1.82) is 0 Å². The summed E-state index contributed by atoms with van der Waals surface area (Å²) in [5, 5.41) is 0. The molecule has 0 unspecified atom stereocenters. The van der Waals surface area contributed by atoms with Crippen molar-refractivity contribution in [1.82, 2.24) is 4.90 Å². The number of rotatable bonds is 6. The van der Waals surface area contributed by atoms with Crippen molar-refractivity contribution in [2.75, 3.05) is 25.7 Å². The SMILES string of the molecule is CC(C)(C)OC(=O)N1[C@H](COS(C)(=O)=O)[C@@H](COS(C)(=O)=O)OC1(C)C. The first kappa shape index (κ1) is 23.1. The van der Waals surface area contributed by atoms with Crippen LogP contribution in [-0.4, -0.2) is 77.0 Å². The van der Waals surface area contributed by atoms with E-state index in [2.05, 4.69) is 0 Å². The molecule has 0 aromatic heterocycles. The fraction of sp³-hybridized carbons (Fsp3) is 0.929. The summed E-state index contributed by atoms with van der Waals surface area (Å²) in [6.07, 6.45) is 0.0644. The van der Waals surface area contributed by atoms with Crippen LogP contribution >= 0.6 is 0 Å². The Bertz CT molecular complexity index is 722. The third-order valence-electron chi connectivity index (χ3n) is 3.27. The van der Waals surface area contributed by atoms with Gasteiger partial charge >= 0.3 is 6.09 Å². The molecule has 0 saturated carbocycles. The van der Waals surface area contributed by atoms with E-state index in [0.717, 1.165) is 12.5 Å². The molecule has 0 bridgehead atoms. The summed E-state index contributed by atoms with van der Waals surface area (Å²) in [6, 6.07) is -0.934. The molecule has 0 N–H and O–H groups in total. The van der Waals surface area contributed by atoms with E-state index in [1.165, 1.54) is 4.90 Å². The van der Waals surface area contributed by atoms with E-state index in [1.54, 1.807) is 34.6 Å². The van der Waals surface area contributed by atoms with Gasteiger partial charge in [-0.1, -0.05) is 0 Å². The lowest BCUT2D eigenvalue weighted by atomic mass is 10.1. The molecule has 1 saturated heterocycles. The Morgan fingerprint density at radius 2 is 1.50 bits per heavy atom. The molecule has 154 valence electrons. The van der Waals surface area contributed by atoms with Crippen LogP contribution in [0, 0.1) is 0 Å². The summed E-state index contributed by atoms with van der Waals surface area (Å²) >= 11 is 0. The number of carbonyl (C=O) groups is 1. The largest absolute Gasteiger partial charge is 0.444 e. The monoisotopic (exact) mass is 417 g/mol. The van der Waals surface area contributed by atoms with Gasteiger partial charge in [0, 0.05) is 0 Å². The minimum Gasteiger partial charge on any atom is -0.444 e. The smallest absolute Gasteiger partial charge is 0.412 e. The molecular weight excluding hydrogens is 390 g/mol. The van der Waals surface area contributed by atoms with E-state index < -0.39 is 63.0 Å².